The number of para-hydroxylation sites is 1. The predicted octanol–water partition coefficient (Wildman–Crippen LogP) is 4.50. The van der Waals surface area contributed by atoms with Gasteiger partial charge in [0.15, 0.2) is 8.29 Å². The van der Waals surface area contributed by atoms with Gasteiger partial charge >= 0.3 is 0 Å². The maximum atomic E-state index is 12.0. The summed E-state index contributed by atoms with van der Waals surface area (Å²) in [6.07, 6.45) is 1.90. The Kier molecular flexibility index (Phi) is 6.99. The van der Waals surface area contributed by atoms with E-state index >= 15 is 0 Å². The van der Waals surface area contributed by atoms with Gasteiger partial charge < -0.3 is 5.32 Å². The van der Waals surface area contributed by atoms with Crippen molar-refractivity contribution >= 4 is 41.2 Å². The van der Waals surface area contributed by atoms with Crippen molar-refractivity contribution in [1.82, 2.24) is 15.1 Å². The number of nitrogens with one attached hydrogen (secondary N) is 1. The zero-order valence-corrected chi connectivity index (χ0v) is 16.6. The number of thioether (sulfide) groups is 1. The Morgan fingerprint density at radius 3 is 2.54 bits per heavy atom. The van der Waals surface area contributed by atoms with Gasteiger partial charge in [0.05, 0.1) is 11.4 Å². The topological polar surface area (TPSA) is 46.9 Å². The lowest BCUT2D eigenvalue weighted by Gasteiger charge is -2.04. The molecule has 0 atom stereocenters. The third-order valence-electron chi connectivity index (χ3n) is 3.66. The van der Waals surface area contributed by atoms with Gasteiger partial charge in [0.1, 0.15) is 0 Å². The van der Waals surface area contributed by atoms with E-state index in [4.69, 9.17) is 12.2 Å². The van der Waals surface area contributed by atoms with Gasteiger partial charge in [0.25, 0.3) is 0 Å². The third kappa shape index (κ3) is 5.52. The van der Waals surface area contributed by atoms with Crippen LogP contribution in [0.5, 0.6) is 0 Å². The second-order valence-electron chi connectivity index (χ2n) is 5.61. The van der Waals surface area contributed by atoms with Crippen molar-refractivity contribution in [1.29, 1.82) is 0 Å². The maximum absolute atomic E-state index is 12.0. The van der Waals surface area contributed by atoms with E-state index in [0.717, 1.165) is 22.9 Å². The molecular formula is C19H19N3OS3. The second-order valence-corrected chi connectivity index (χ2v) is 8.45. The molecule has 0 saturated carbocycles. The summed E-state index contributed by atoms with van der Waals surface area (Å²) in [7, 11) is 0. The number of aromatic nitrogens is 2. The van der Waals surface area contributed by atoms with Crippen LogP contribution in [0.2, 0.25) is 0 Å². The molecule has 1 N–H and O–H groups in total. The molecule has 0 fully saturated rings. The normalized spacial score (nSPS) is 10.6. The van der Waals surface area contributed by atoms with Crippen LogP contribution in [0.4, 0.5) is 0 Å². The molecular weight excluding hydrogens is 382 g/mol. The van der Waals surface area contributed by atoms with Gasteiger partial charge in [-0.15, -0.1) is 5.10 Å². The van der Waals surface area contributed by atoms with Crippen molar-refractivity contribution in [3.63, 3.8) is 0 Å². The number of amides is 1. The summed E-state index contributed by atoms with van der Waals surface area (Å²) in [4.78, 5) is 12.0. The lowest BCUT2D eigenvalue weighted by atomic mass is 10.1. The van der Waals surface area contributed by atoms with Crippen LogP contribution in [-0.2, 0) is 11.2 Å². The highest BCUT2D eigenvalue weighted by molar-refractivity contribution is 8.01. The molecule has 0 aliphatic carbocycles. The Bertz CT molecular complexity index is 891. The summed E-state index contributed by atoms with van der Waals surface area (Å²) < 4.78 is 3.22. The smallest absolute Gasteiger partial charge is 0.230 e. The zero-order chi connectivity index (χ0) is 18.2. The van der Waals surface area contributed by atoms with E-state index in [0.29, 0.717) is 16.3 Å². The Hall–Kier alpha value is -1.96. The van der Waals surface area contributed by atoms with Crippen LogP contribution >= 0.6 is 35.3 Å². The average molecular weight is 402 g/mol. The molecule has 3 rings (SSSR count). The second kappa shape index (κ2) is 9.66. The number of carbonyl (C=O) groups excluding carboxylic acids is 1. The summed E-state index contributed by atoms with van der Waals surface area (Å²) in [5.74, 6) is 0.373. The number of carbonyl (C=O) groups is 1. The summed E-state index contributed by atoms with van der Waals surface area (Å²) in [6, 6.07) is 20.1. The fourth-order valence-corrected chi connectivity index (χ4v) is 4.59. The van der Waals surface area contributed by atoms with Gasteiger partial charge in [-0.3, -0.25) is 4.79 Å². The largest absolute Gasteiger partial charge is 0.355 e. The molecule has 1 heterocycles. The van der Waals surface area contributed by atoms with Gasteiger partial charge in [-0.25, -0.2) is 4.68 Å². The SMILES string of the molecule is O=C(CSc1nn(-c2ccccc2)c(=S)s1)NCCCc1ccccc1. The standard InChI is InChI=1S/C19H19N3OS3/c23-17(20-13-7-10-15-8-3-1-4-9-15)14-25-18-21-22(19(24)26-18)16-11-5-2-6-12-16/h1-6,8-9,11-12H,7,10,13-14H2,(H,20,23). The number of hydrogen-bond donors (Lipinski definition) is 1. The average Bonchev–Trinajstić information content (AvgIpc) is 3.06. The van der Waals surface area contributed by atoms with E-state index in [-0.39, 0.29) is 5.91 Å². The van der Waals surface area contributed by atoms with E-state index in [1.807, 2.05) is 48.5 Å². The lowest BCUT2D eigenvalue weighted by molar-refractivity contribution is -0.118. The Balaban J connectivity index is 1.43. The Morgan fingerprint density at radius 2 is 1.81 bits per heavy atom. The highest BCUT2D eigenvalue weighted by Crippen LogP contribution is 2.23. The van der Waals surface area contributed by atoms with Gasteiger partial charge in [0, 0.05) is 6.54 Å². The molecule has 0 aliphatic rings. The van der Waals surface area contributed by atoms with Crippen LogP contribution in [0, 0.1) is 3.95 Å². The maximum Gasteiger partial charge on any atom is 0.230 e. The summed E-state index contributed by atoms with van der Waals surface area (Å²) >= 11 is 8.22. The van der Waals surface area contributed by atoms with Gasteiger partial charge in [-0.1, -0.05) is 71.6 Å². The number of benzene rings is 2. The molecule has 2 aromatic carbocycles. The molecule has 0 aliphatic heterocycles. The molecule has 1 aromatic heterocycles. The summed E-state index contributed by atoms with van der Waals surface area (Å²) in [5.41, 5.74) is 2.23. The first kappa shape index (κ1) is 18.8. The third-order valence-corrected chi connectivity index (χ3v) is 6.03. The minimum absolute atomic E-state index is 0.0236. The number of nitrogens with zero attached hydrogens (tertiary/aromatic N) is 2. The molecule has 0 bridgehead atoms. The first-order valence-electron chi connectivity index (χ1n) is 8.31. The molecule has 0 radical (unpaired) electrons. The lowest BCUT2D eigenvalue weighted by Crippen LogP contribution is -2.26. The van der Waals surface area contributed by atoms with Crippen molar-refractivity contribution in [2.45, 2.75) is 17.2 Å². The van der Waals surface area contributed by atoms with Crippen LogP contribution in [0.25, 0.3) is 5.69 Å². The highest BCUT2D eigenvalue weighted by atomic mass is 32.2. The minimum Gasteiger partial charge on any atom is -0.355 e. The zero-order valence-electron chi connectivity index (χ0n) is 14.1. The van der Waals surface area contributed by atoms with Gasteiger partial charge in [0.2, 0.25) is 5.91 Å². The fraction of sp³-hybridized carbons (Fsp3) is 0.211. The number of aryl methyl sites for hydroxylation is 1. The van der Waals surface area contributed by atoms with Gasteiger partial charge in [-0.05, 0) is 42.8 Å². The summed E-state index contributed by atoms with van der Waals surface area (Å²) in [6.45, 7) is 0.683. The monoisotopic (exact) mass is 401 g/mol. The molecule has 7 heteroatoms. The van der Waals surface area contributed by atoms with Crippen molar-refractivity contribution in [3.8, 4) is 5.69 Å². The predicted molar refractivity (Wildman–Crippen MR) is 111 cm³/mol. The van der Waals surface area contributed by atoms with E-state index < -0.39 is 0 Å². The summed E-state index contributed by atoms with van der Waals surface area (Å²) in [5, 5.41) is 7.46. The quantitative estimate of drug-likeness (QED) is 0.343. The van der Waals surface area contributed by atoms with Crippen LogP contribution in [0.1, 0.15) is 12.0 Å². The Morgan fingerprint density at radius 1 is 1.12 bits per heavy atom. The van der Waals surface area contributed by atoms with Crippen molar-refractivity contribution in [2.75, 3.05) is 12.3 Å². The Labute approximate surface area is 166 Å². The molecule has 0 unspecified atom stereocenters. The van der Waals surface area contributed by atoms with Crippen molar-refractivity contribution < 1.29 is 4.79 Å². The molecule has 0 saturated heterocycles. The minimum atomic E-state index is 0.0236. The van der Waals surface area contributed by atoms with Crippen LogP contribution < -0.4 is 5.32 Å². The first-order chi connectivity index (χ1) is 12.7. The number of rotatable bonds is 8. The molecule has 134 valence electrons. The fourth-order valence-electron chi connectivity index (χ4n) is 2.39. The van der Waals surface area contributed by atoms with Gasteiger partial charge in [-0.2, -0.15) is 0 Å². The first-order valence-corrected chi connectivity index (χ1v) is 10.5. The van der Waals surface area contributed by atoms with E-state index in [9.17, 15) is 4.79 Å². The van der Waals surface area contributed by atoms with E-state index in [1.165, 1.54) is 28.7 Å². The van der Waals surface area contributed by atoms with Crippen LogP contribution in [0.15, 0.2) is 65.0 Å². The number of hydrogen-bond acceptors (Lipinski definition) is 5. The van der Waals surface area contributed by atoms with Crippen molar-refractivity contribution in [3.05, 3.63) is 70.2 Å². The molecule has 26 heavy (non-hydrogen) atoms. The van der Waals surface area contributed by atoms with E-state index in [2.05, 4.69) is 22.5 Å². The molecule has 0 spiro atoms. The molecule has 1 amide bonds. The van der Waals surface area contributed by atoms with Crippen LogP contribution in [-0.4, -0.2) is 28.0 Å². The van der Waals surface area contributed by atoms with Crippen molar-refractivity contribution in [2.24, 2.45) is 0 Å². The highest BCUT2D eigenvalue weighted by Gasteiger charge is 2.09. The molecule has 3 aromatic rings. The van der Waals surface area contributed by atoms with E-state index in [1.54, 1.807) is 4.68 Å². The molecule has 4 nitrogen and oxygen atoms in total. The van der Waals surface area contributed by atoms with Crippen LogP contribution in [0.3, 0.4) is 0 Å².